The first-order valence-corrected chi connectivity index (χ1v) is 14.2. The number of nitrogens with one attached hydrogen (secondary N) is 2. The van der Waals surface area contributed by atoms with Gasteiger partial charge < -0.3 is 24.8 Å². The molecule has 3 aliphatic rings. The van der Waals surface area contributed by atoms with Crippen LogP contribution >= 0.6 is 0 Å². The number of anilines is 2. The maximum absolute atomic E-state index is 13.4. The molecule has 208 valence electrons. The van der Waals surface area contributed by atoms with E-state index in [-0.39, 0.29) is 24.3 Å². The van der Waals surface area contributed by atoms with Gasteiger partial charge in [0.05, 0.1) is 11.4 Å². The Kier molecular flexibility index (Phi) is 8.98. The van der Waals surface area contributed by atoms with E-state index in [9.17, 15) is 14.4 Å². The quantitative estimate of drug-likeness (QED) is 0.588. The second-order valence-electron chi connectivity index (χ2n) is 10.6. The van der Waals surface area contributed by atoms with Crippen molar-refractivity contribution in [3.8, 4) is 0 Å². The molecule has 2 aliphatic heterocycles. The van der Waals surface area contributed by atoms with E-state index in [1.807, 2.05) is 52.3 Å². The van der Waals surface area contributed by atoms with Gasteiger partial charge in [0, 0.05) is 57.3 Å². The highest BCUT2D eigenvalue weighted by atomic mass is 16.5. The monoisotopic (exact) mass is 533 g/mol. The van der Waals surface area contributed by atoms with Gasteiger partial charge in [0.25, 0.3) is 5.91 Å². The third-order valence-corrected chi connectivity index (χ3v) is 7.92. The van der Waals surface area contributed by atoms with Crippen LogP contribution in [0.1, 0.15) is 48.0 Å². The summed E-state index contributed by atoms with van der Waals surface area (Å²) in [6.07, 6.45) is 4.33. The number of nitrogens with zero attached hydrogens (tertiary/aromatic N) is 3. The number of hydrogen-bond acceptors (Lipinski definition) is 6. The average molecular weight is 534 g/mol. The summed E-state index contributed by atoms with van der Waals surface area (Å²) in [6, 6.07) is 15.1. The molecule has 2 aromatic carbocycles. The van der Waals surface area contributed by atoms with Gasteiger partial charge in [0.2, 0.25) is 5.91 Å². The molecule has 0 unspecified atom stereocenters. The Morgan fingerprint density at radius 2 is 1.67 bits per heavy atom. The first kappa shape index (κ1) is 27.0. The summed E-state index contributed by atoms with van der Waals surface area (Å²) in [5.74, 6) is 0.422. The summed E-state index contributed by atoms with van der Waals surface area (Å²) < 4.78 is 5.50. The van der Waals surface area contributed by atoms with Crippen LogP contribution < -0.4 is 15.5 Å². The molecule has 0 aromatic heterocycles. The molecule has 9 heteroatoms. The highest BCUT2D eigenvalue weighted by Crippen LogP contribution is 2.31. The maximum atomic E-state index is 13.4. The topological polar surface area (TPSA) is 94.2 Å². The fourth-order valence-corrected chi connectivity index (χ4v) is 5.44. The van der Waals surface area contributed by atoms with Gasteiger partial charge in [-0.05, 0) is 56.0 Å². The molecular formula is C30H39N5O4. The molecular weight excluding hydrogens is 494 g/mol. The molecule has 0 spiro atoms. The van der Waals surface area contributed by atoms with E-state index in [1.165, 1.54) is 0 Å². The van der Waals surface area contributed by atoms with Crippen LogP contribution in [0.25, 0.3) is 0 Å². The molecule has 3 amide bonds. The van der Waals surface area contributed by atoms with Crippen LogP contribution in [0.3, 0.4) is 0 Å². The molecule has 2 aromatic rings. The van der Waals surface area contributed by atoms with E-state index in [0.29, 0.717) is 37.4 Å². The Hall–Kier alpha value is -3.59. The lowest BCUT2D eigenvalue weighted by Crippen LogP contribution is -2.41. The van der Waals surface area contributed by atoms with Crippen molar-refractivity contribution in [1.29, 1.82) is 0 Å². The van der Waals surface area contributed by atoms with Crippen LogP contribution in [-0.2, 0) is 16.1 Å². The summed E-state index contributed by atoms with van der Waals surface area (Å²) in [5.41, 5.74) is 2.82. The van der Waals surface area contributed by atoms with E-state index in [4.69, 9.17) is 4.74 Å². The van der Waals surface area contributed by atoms with E-state index in [2.05, 4.69) is 15.5 Å². The molecule has 3 fully saturated rings. The number of carbonyl (C=O) groups is 3. The summed E-state index contributed by atoms with van der Waals surface area (Å²) >= 11 is 0. The first-order valence-electron chi connectivity index (χ1n) is 14.2. The van der Waals surface area contributed by atoms with Crippen molar-refractivity contribution in [2.24, 2.45) is 5.92 Å². The Labute approximate surface area is 230 Å². The van der Waals surface area contributed by atoms with Crippen molar-refractivity contribution < 1.29 is 19.1 Å². The summed E-state index contributed by atoms with van der Waals surface area (Å²) in [4.78, 5) is 45.1. The molecule has 2 saturated heterocycles. The standard InChI is InChI=1S/C30H39N5O4/c36-28(24-9-4-10-24)35-17-6-16-33(19-20-35)27-12-11-25(29(37)34-15-5-13-31-14-18-34)21-26(27)32-30(38)39-22-23-7-2-1-3-8-23/h1-3,7-8,11-12,21,24,31H,4-6,9-10,13-20,22H2,(H,32,38). The van der Waals surface area contributed by atoms with Crippen molar-refractivity contribution in [3.05, 3.63) is 59.7 Å². The van der Waals surface area contributed by atoms with Gasteiger partial charge in [-0.2, -0.15) is 0 Å². The minimum absolute atomic E-state index is 0.0425. The van der Waals surface area contributed by atoms with Gasteiger partial charge in [0.15, 0.2) is 0 Å². The maximum Gasteiger partial charge on any atom is 0.412 e. The zero-order valence-corrected chi connectivity index (χ0v) is 22.6. The normalized spacial score (nSPS) is 18.5. The predicted octanol–water partition coefficient (Wildman–Crippen LogP) is 3.71. The SMILES string of the molecule is O=C(Nc1cc(C(=O)N2CCCNCC2)ccc1N1CCCN(C(=O)C2CCC2)CC1)OCc1ccccc1. The van der Waals surface area contributed by atoms with Crippen molar-refractivity contribution in [3.63, 3.8) is 0 Å². The molecule has 39 heavy (non-hydrogen) atoms. The van der Waals surface area contributed by atoms with Gasteiger partial charge in [-0.25, -0.2) is 4.79 Å². The van der Waals surface area contributed by atoms with E-state index >= 15 is 0 Å². The minimum Gasteiger partial charge on any atom is -0.444 e. The molecule has 0 atom stereocenters. The number of ether oxygens (including phenoxy) is 1. The van der Waals surface area contributed by atoms with Gasteiger partial charge in [-0.3, -0.25) is 14.9 Å². The van der Waals surface area contributed by atoms with Crippen LogP contribution in [0.15, 0.2) is 48.5 Å². The van der Waals surface area contributed by atoms with Crippen LogP contribution in [0.5, 0.6) is 0 Å². The Morgan fingerprint density at radius 1 is 0.846 bits per heavy atom. The van der Waals surface area contributed by atoms with Crippen LogP contribution in [-0.4, -0.2) is 80.1 Å². The van der Waals surface area contributed by atoms with Crippen molar-refractivity contribution in [2.75, 3.05) is 62.6 Å². The molecule has 0 bridgehead atoms. The third-order valence-electron chi connectivity index (χ3n) is 7.92. The van der Waals surface area contributed by atoms with Gasteiger partial charge in [-0.15, -0.1) is 0 Å². The van der Waals surface area contributed by atoms with Crippen molar-refractivity contribution >= 4 is 29.3 Å². The third kappa shape index (κ3) is 6.89. The van der Waals surface area contributed by atoms with E-state index in [1.54, 1.807) is 6.07 Å². The predicted molar refractivity (Wildman–Crippen MR) is 151 cm³/mol. The number of amides is 3. The largest absolute Gasteiger partial charge is 0.444 e. The fraction of sp³-hybridized carbons (Fsp3) is 0.500. The lowest BCUT2D eigenvalue weighted by atomic mass is 9.84. The lowest BCUT2D eigenvalue weighted by molar-refractivity contribution is -0.137. The lowest BCUT2D eigenvalue weighted by Gasteiger charge is -2.31. The zero-order valence-electron chi connectivity index (χ0n) is 22.6. The minimum atomic E-state index is -0.569. The van der Waals surface area contributed by atoms with Crippen LogP contribution in [0.4, 0.5) is 16.2 Å². The molecule has 1 aliphatic carbocycles. The second kappa shape index (κ2) is 13.0. The summed E-state index contributed by atoms with van der Waals surface area (Å²) in [6.45, 7) is 5.99. The Balaban J connectivity index is 1.33. The summed E-state index contributed by atoms with van der Waals surface area (Å²) in [5, 5.41) is 6.24. The van der Waals surface area contributed by atoms with Crippen LogP contribution in [0.2, 0.25) is 0 Å². The van der Waals surface area contributed by atoms with Crippen LogP contribution in [0, 0.1) is 5.92 Å². The van der Waals surface area contributed by atoms with Gasteiger partial charge >= 0.3 is 6.09 Å². The molecule has 2 N–H and O–H groups in total. The number of carbonyl (C=O) groups excluding carboxylic acids is 3. The fourth-order valence-electron chi connectivity index (χ4n) is 5.44. The van der Waals surface area contributed by atoms with Gasteiger partial charge in [-0.1, -0.05) is 36.8 Å². The Bertz CT molecular complexity index is 1150. The van der Waals surface area contributed by atoms with Crippen molar-refractivity contribution in [2.45, 2.75) is 38.7 Å². The number of rotatable bonds is 6. The smallest absolute Gasteiger partial charge is 0.412 e. The highest BCUT2D eigenvalue weighted by Gasteiger charge is 2.31. The van der Waals surface area contributed by atoms with Gasteiger partial charge in [0.1, 0.15) is 6.61 Å². The number of benzene rings is 2. The molecule has 5 rings (SSSR count). The Morgan fingerprint density at radius 3 is 2.46 bits per heavy atom. The molecule has 1 saturated carbocycles. The van der Waals surface area contributed by atoms with E-state index < -0.39 is 6.09 Å². The highest BCUT2D eigenvalue weighted by molar-refractivity contribution is 5.98. The molecule has 0 radical (unpaired) electrons. The first-order chi connectivity index (χ1) is 19.1. The number of hydrogen-bond donors (Lipinski definition) is 2. The second-order valence-corrected chi connectivity index (χ2v) is 10.6. The average Bonchev–Trinajstić information content (AvgIpc) is 3.35. The molecule has 9 nitrogen and oxygen atoms in total. The zero-order chi connectivity index (χ0) is 27.0. The molecule has 2 heterocycles. The van der Waals surface area contributed by atoms with E-state index in [0.717, 1.165) is 69.5 Å². The van der Waals surface area contributed by atoms with Crippen molar-refractivity contribution in [1.82, 2.24) is 15.1 Å². The summed E-state index contributed by atoms with van der Waals surface area (Å²) in [7, 11) is 0.